The summed E-state index contributed by atoms with van der Waals surface area (Å²) in [5, 5.41) is 3.40. The lowest BCUT2D eigenvalue weighted by Crippen LogP contribution is -2.39. The van der Waals surface area contributed by atoms with Gasteiger partial charge in [0.15, 0.2) is 5.96 Å². The lowest BCUT2D eigenvalue weighted by molar-refractivity contribution is 0.494. The number of aliphatic imine (C=N–C) groups is 1. The van der Waals surface area contributed by atoms with Gasteiger partial charge in [0.05, 0.1) is 6.54 Å². The molecule has 0 aromatic carbocycles. The SMILES string of the molecule is CCNC(=NCc1ccc(CC)s1)N1CCCC1. The zero-order valence-corrected chi connectivity index (χ0v) is 12.2. The molecule has 0 atom stereocenters. The molecule has 1 aliphatic heterocycles. The van der Waals surface area contributed by atoms with Crippen molar-refractivity contribution in [2.75, 3.05) is 19.6 Å². The first-order valence-corrected chi connectivity index (χ1v) is 7.76. The second-order valence-corrected chi connectivity index (χ2v) is 5.84. The van der Waals surface area contributed by atoms with Crippen LogP contribution in [-0.2, 0) is 13.0 Å². The summed E-state index contributed by atoms with van der Waals surface area (Å²) in [6, 6.07) is 4.43. The van der Waals surface area contributed by atoms with Crippen molar-refractivity contribution in [2.24, 2.45) is 4.99 Å². The number of thiophene rings is 1. The molecule has 3 nitrogen and oxygen atoms in total. The second kappa shape index (κ2) is 6.78. The van der Waals surface area contributed by atoms with Crippen LogP contribution < -0.4 is 5.32 Å². The maximum absolute atomic E-state index is 4.76. The van der Waals surface area contributed by atoms with Crippen molar-refractivity contribution in [3.05, 3.63) is 21.9 Å². The first-order chi connectivity index (χ1) is 8.83. The second-order valence-electron chi connectivity index (χ2n) is 4.59. The molecule has 1 aromatic heterocycles. The van der Waals surface area contributed by atoms with Crippen molar-refractivity contribution in [1.29, 1.82) is 0 Å². The number of nitrogens with one attached hydrogen (secondary N) is 1. The number of guanidine groups is 1. The lowest BCUT2D eigenvalue weighted by atomic mass is 10.4. The number of nitrogens with zero attached hydrogens (tertiary/aromatic N) is 2. The molecule has 0 spiro atoms. The van der Waals surface area contributed by atoms with Crippen molar-refractivity contribution in [3.63, 3.8) is 0 Å². The van der Waals surface area contributed by atoms with Crippen LogP contribution in [0.3, 0.4) is 0 Å². The Balaban J connectivity index is 1.98. The predicted octanol–water partition coefficient (Wildman–Crippen LogP) is 2.87. The molecule has 1 aromatic rings. The van der Waals surface area contributed by atoms with E-state index in [4.69, 9.17) is 4.99 Å². The van der Waals surface area contributed by atoms with Crippen molar-refractivity contribution in [3.8, 4) is 0 Å². The van der Waals surface area contributed by atoms with Crippen molar-refractivity contribution < 1.29 is 0 Å². The largest absolute Gasteiger partial charge is 0.357 e. The molecule has 18 heavy (non-hydrogen) atoms. The molecule has 0 aliphatic carbocycles. The van der Waals surface area contributed by atoms with E-state index in [1.807, 2.05) is 11.3 Å². The third-order valence-electron chi connectivity index (χ3n) is 3.19. The number of rotatable bonds is 4. The number of likely N-dealkylation sites (tertiary alicyclic amines) is 1. The minimum Gasteiger partial charge on any atom is -0.357 e. The molecular formula is C14H23N3S. The number of hydrogen-bond donors (Lipinski definition) is 1. The Morgan fingerprint density at radius 2 is 2.00 bits per heavy atom. The number of aryl methyl sites for hydroxylation is 1. The molecule has 0 bridgehead atoms. The van der Waals surface area contributed by atoms with Gasteiger partial charge < -0.3 is 10.2 Å². The molecular weight excluding hydrogens is 242 g/mol. The van der Waals surface area contributed by atoms with E-state index < -0.39 is 0 Å². The minimum absolute atomic E-state index is 0.809. The molecule has 4 heteroatoms. The summed E-state index contributed by atoms with van der Waals surface area (Å²) in [7, 11) is 0. The Bertz CT molecular complexity index is 391. The summed E-state index contributed by atoms with van der Waals surface area (Å²) >= 11 is 1.88. The third-order valence-corrected chi connectivity index (χ3v) is 4.41. The highest BCUT2D eigenvalue weighted by atomic mass is 32.1. The van der Waals surface area contributed by atoms with Gasteiger partial charge in [0.25, 0.3) is 0 Å². The van der Waals surface area contributed by atoms with Crippen LogP contribution in [0.4, 0.5) is 0 Å². The van der Waals surface area contributed by atoms with E-state index in [9.17, 15) is 0 Å². The summed E-state index contributed by atoms with van der Waals surface area (Å²) in [5.41, 5.74) is 0. The highest BCUT2D eigenvalue weighted by molar-refractivity contribution is 7.11. The molecule has 0 radical (unpaired) electrons. The van der Waals surface area contributed by atoms with E-state index in [-0.39, 0.29) is 0 Å². The Morgan fingerprint density at radius 1 is 1.28 bits per heavy atom. The average Bonchev–Trinajstić information content (AvgIpc) is 3.05. The lowest BCUT2D eigenvalue weighted by Gasteiger charge is -2.20. The summed E-state index contributed by atoms with van der Waals surface area (Å²) in [6.07, 6.45) is 3.72. The first kappa shape index (κ1) is 13.4. The maximum atomic E-state index is 4.76. The Morgan fingerprint density at radius 3 is 2.61 bits per heavy atom. The van der Waals surface area contributed by atoms with Crippen molar-refractivity contribution in [1.82, 2.24) is 10.2 Å². The van der Waals surface area contributed by atoms with Crippen LogP contribution in [0.2, 0.25) is 0 Å². The smallest absolute Gasteiger partial charge is 0.194 e. The Labute approximate surface area is 114 Å². The summed E-state index contributed by atoms with van der Waals surface area (Å²) < 4.78 is 0. The summed E-state index contributed by atoms with van der Waals surface area (Å²) in [5.74, 6) is 1.08. The fourth-order valence-electron chi connectivity index (χ4n) is 2.20. The van der Waals surface area contributed by atoms with E-state index >= 15 is 0 Å². The van der Waals surface area contributed by atoms with Crippen LogP contribution in [0.1, 0.15) is 36.4 Å². The highest BCUT2D eigenvalue weighted by Gasteiger charge is 2.15. The average molecular weight is 265 g/mol. The summed E-state index contributed by atoms with van der Waals surface area (Å²) in [4.78, 5) is 9.94. The van der Waals surface area contributed by atoms with Gasteiger partial charge in [-0.15, -0.1) is 11.3 Å². The van der Waals surface area contributed by atoms with Crippen LogP contribution in [0, 0.1) is 0 Å². The van der Waals surface area contributed by atoms with Gasteiger partial charge in [-0.3, -0.25) is 0 Å². The van der Waals surface area contributed by atoms with Crippen LogP contribution in [-0.4, -0.2) is 30.5 Å². The fourth-order valence-corrected chi connectivity index (χ4v) is 3.09. The first-order valence-electron chi connectivity index (χ1n) is 6.94. The zero-order chi connectivity index (χ0) is 12.8. The van der Waals surface area contributed by atoms with Gasteiger partial charge in [0, 0.05) is 29.4 Å². The monoisotopic (exact) mass is 265 g/mol. The van der Waals surface area contributed by atoms with E-state index in [2.05, 4.69) is 36.2 Å². The summed E-state index contributed by atoms with van der Waals surface area (Å²) in [6.45, 7) is 8.38. The van der Waals surface area contributed by atoms with Gasteiger partial charge in [-0.1, -0.05) is 6.92 Å². The highest BCUT2D eigenvalue weighted by Crippen LogP contribution is 2.18. The maximum Gasteiger partial charge on any atom is 0.194 e. The number of hydrogen-bond acceptors (Lipinski definition) is 2. The van der Waals surface area contributed by atoms with E-state index in [1.165, 1.54) is 22.6 Å². The fraction of sp³-hybridized carbons (Fsp3) is 0.643. The molecule has 1 N–H and O–H groups in total. The van der Waals surface area contributed by atoms with Crippen LogP contribution in [0.5, 0.6) is 0 Å². The molecule has 1 saturated heterocycles. The van der Waals surface area contributed by atoms with Crippen LogP contribution in [0.25, 0.3) is 0 Å². The molecule has 1 fully saturated rings. The van der Waals surface area contributed by atoms with Gasteiger partial charge in [-0.05, 0) is 38.3 Å². The van der Waals surface area contributed by atoms with Gasteiger partial charge in [0.2, 0.25) is 0 Å². The van der Waals surface area contributed by atoms with Crippen molar-refractivity contribution in [2.45, 2.75) is 39.7 Å². The zero-order valence-electron chi connectivity index (χ0n) is 11.4. The molecule has 0 amide bonds. The normalized spacial score (nSPS) is 16.3. The molecule has 0 saturated carbocycles. The topological polar surface area (TPSA) is 27.6 Å². The van der Waals surface area contributed by atoms with E-state index in [0.29, 0.717) is 0 Å². The third kappa shape index (κ3) is 3.48. The molecule has 1 aliphatic rings. The van der Waals surface area contributed by atoms with Crippen LogP contribution in [0.15, 0.2) is 17.1 Å². The molecule has 100 valence electrons. The minimum atomic E-state index is 0.809. The molecule has 0 unspecified atom stereocenters. The van der Waals surface area contributed by atoms with Gasteiger partial charge in [-0.25, -0.2) is 4.99 Å². The van der Waals surface area contributed by atoms with Gasteiger partial charge in [0.1, 0.15) is 0 Å². The molecule has 2 heterocycles. The van der Waals surface area contributed by atoms with E-state index in [1.54, 1.807) is 0 Å². The van der Waals surface area contributed by atoms with Gasteiger partial charge in [-0.2, -0.15) is 0 Å². The Kier molecular flexibility index (Phi) is 5.05. The predicted molar refractivity (Wildman–Crippen MR) is 79.3 cm³/mol. The quantitative estimate of drug-likeness (QED) is 0.669. The Hall–Kier alpha value is -1.03. The van der Waals surface area contributed by atoms with Crippen LogP contribution >= 0.6 is 11.3 Å². The molecule has 2 rings (SSSR count). The standard InChI is InChI=1S/C14H23N3S/c1-3-12-7-8-13(18-12)11-16-14(15-4-2)17-9-5-6-10-17/h7-8H,3-6,9-11H2,1-2H3,(H,15,16). The van der Waals surface area contributed by atoms with Gasteiger partial charge >= 0.3 is 0 Å². The van der Waals surface area contributed by atoms with E-state index in [0.717, 1.165) is 38.6 Å². The van der Waals surface area contributed by atoms with Crippen molar-refractivity contribution >= 4 is 17.3 Å².